The van der Waals surface area contributed by atoms with E-state index in [-0.39, 0.29) is 0 Å². The molecule has 11 heavy (non-hydrogen) atoms. The highest BCUT2D eigenvalue weighted by molar-refractivity contribution is 5.30. The van der Waals surface area contributed by atoms with Crippen molar-refractivity contribution >= 4 is 0 Å². The Hall–Kier alpha value is -1.50. The summed E-state index contributed by atoms with van der Waals surface area (Å²) in [6, 6.07) is 15.0. The van der Waals surface area contributed by atoms with Crippen LogP contribution in [0, 0.1) is 6.07 Å². The fourth-order valence-electron chi connectivity index (χ4n) is 1.04. The van der Waals surface area contributed by atoms with E-state index in [0.717, 1.165) is 5.69 Å². The van der Waals surface area contributed by atoms with Gasteiger partial charge < -0.3 is 4.57 Å². The molecule has 0 fully saturated rings. The fraction of sp³-hybridized carbons (Fsp3) is 0. The van der Waals surface area contributed by atoms with Crippen molar-refractivity contribution in [2.45, 2.75) is 0 Å². The lowest BCUT2D eigenvalue weighted by Crippen LogP contribution is -1.87. The Morgan fingerprint density at radius 1 is 1.00 bits per heavy atom. The van der Waals surface area contributed by atoms with Crippen molar-refractivity contribution in [2.75, 3.05) is 0 Å². The molecule has 2 aromatic rings. The normalized spacial score (nSPS) is 9.82. The number of hydrogen-bond donors (Lipinski definition) is 0. The van der Waals surface area contributed by atoms with Gasteiger partial charge in [-0.2, -0.15) is 0 Å². The minimum absolute atomic E-state index is 1.08. The van der Waals surface area contributed by atoms with Crippen molar-refractivity contribution < 1.29 is 0 Å². The molecule has 1 nitrogen and oxygen atoms in total. The van der Waals surface area contributed by atoms with Gasteiger partial charge in [0.15, 0.2) is 0 Å². The second kappa shape index (κ2) is 2.62. The number of rotatable bonds is 1. The van der Waals surface area contributed by atoms with E-state index < -0.39 is 0 Å². The summed E-state index contributed by atoms with van der Waals surface area (Å²) in [4.78, 5) is 0. The number of hydrogen-bond acceptors (Lipinski definition) is 0. The highest BCUT2D eigenvalue weighted by atomic mass is 14.9. The lowest BCUT2D eigenvalue weighted by molar-refractivity contribution is 1.08. The zero-order valence-electron chi connectivity index (χ0n) is 6.07. The molecule has 0 saturated carbocycles. The van der Waals surface area contributed by atoms with E-state index in [0.29, 0.717) is 0 Å². The SMILES string of the molecule is [c]1ccccc1-n1cccc1. The average Bonchev–Trinajstić information content (AvgIpc) is 2.58. The Morgan fingerprint density at radius 2 is 1.82 bits per heavy atom. The Balaban J connectivity index is 2.46. The summed E-state index contributed by atoms with van der Waals surface area (Å²) in [5, 5.41) is 0. The second-order valence-corrected chi connectivity index (χ2v) is 2.34. The minimum atomic E-state index is 1.08. The molecule has 0 N–H and O–H groups in total. The van der Waals surface area contributed by atoms with Gasteiger partial charge in [-0.1, -0.05) is 18.2 Å². The molecule has 1 aromatic carbocycles. The van der Waals surface area contributed by atoms with Crippen LogP contribution >= 0.6 is 0 Å². The standard InChI is InChI=1S/C10H8N/c1-2-6-10(7-3-1)11-8-4-5-9-11/h1-6,8-9H. The van der Waals surface area contributed by atoms with Gasteiger partial charge in [0.25, 0.3) is 0 Å². The van der Waals surface area contributed by atoms with E-state index >= 15 is 0 Å². The first-order valence-electron chi connectivity index (χ1n) is 3.57. The highest BCUT2D eigenvalue weighted by Crippen LogP contribution is 2.04. The fourth-order valence-corrected chi connectivity index (χ4v) is 1.04. The van der Waals surface area contributed by atoms with E-state index in [9.17, 15) is 0 Å². The maximum absolute atomic E-state index is 3.13. The molecule has 0 atom stereocenters. The van der Waals surface area contributed by atoms with Gasteiger partial charge in [0.2, 0.25) is 0 Å². The molecule has 53 valence electrons. The van der Waals surface area contributed by atoms with Crippen LogP contribution in [0.25, 0.3) is 5.69 Å². The van der Waals surface area contributed by atoms with Gasteiger partial charge in [0.1, 0.15) is 0 Å². The van der Waals surface area contributed by atoms with E-state index in [2.05, 4.69) is 6.07 Å². The molecule has 0 unspecified atom stereocenters. The van der Waals surface area contributed by atoms with E-state index in [4.69, 9.17) is 0 Å². The number of aromatic nitrogens is 1. The third kappa shape index (κ3) is 1.17. The first kappa shape index (κ1) is 6.23. The topological polar surface area (TPSA) is 4.93 Å². The van der Waals surface area contributed by atoms with Gasteiger partial charge in [-0.3, -0.25) is 0 Å². The van der Waals surface area contributed by atoms with Gasteiger partial charge in [0.05, 0.1) is 5.69 Å². The molecule has 0 aliphatic heterocycles. The van der Waals surface area contributed by atoms with Crippen LogP contribution < -0.4 is 0 Å². The van der Waals surface area contributed by atoms with Crippen LogP contribution in [0.15, 0.2) is 48.8 Å². The molecule has 0 aliphatic rings. The lowest BCUT2D eigenvalue weighted by Gasteiger charge is -1.99. The number of nitrogens with zero attached hydrogens (tertiary/aromatic N) is 1. The van der Waals surface area contributed by atoms with Crippen LogP contribution in [-0.4, -0.2) is 4.57 Å². The van der Waals surface area contributed by atoms with E-state index in [1.807, 2.05) is 53.4 Å². The van der Waals surface area contributed by atoms with Crippen molar-refractivity contribution in [2.24, 2.45) is 0 Å². The molecule has 2 rings (SSSR count). The molecule has 0 bridgehead atoms. The van der Waals surface area contributed by atoms with E-state index in [1.54, 1.807) is 0 Å². The smallest absolute Gasteiger partial charge is 0.0528 e. The summed E-state index contributed by atoms with van der Waals surface area (Å²) in [6.45, 7) is 0. The number of para-hydroxylation sites is 1. The molecule has 1 heterocycles. The summed E-state index contributed by atoms with van der Waals surface area (Å²) in [5.41, 5.74) is 1.08. The maximum atomic E-state index is 3.13. The van der Waals surface area contributed by atoms with Gasteiger partial charge in [0, 0.05) is 18.5 Å². The molecule has 1 aromatic heterocycles. The molecule has 0 saturated heterocycles. The van der Waals surface area contributed by atoms with Crippen molar-refractivity contribution in [3.63, 3.8) is 0 Å². The summed E-state index contributed by atoms with van der Waals surface area (Å²) in [6.07, 6.45) is 4.01. The third-order valence-electron chi connectivity index (χ3n) is 1.58. The van der Waals surface area contributed by atoms with Gasteiger partial charge in [-0.15, -0.1) is 0 Å². The third-order valence-corrected chi connectivity index (χ3v) is 1.58. The lowest BCUT2D eigenvalue weighted by atomic mass is 10.3. The van der Waals surface area contributed by atoms with Crippen molar-refractivity contribution in [3.8, 4) is 5.69 Å². The minimum Gasteiger partial charge on any atom is -0.323 e. The Morgan fingerprint density at radius 3 is 2.45 bits per heavy atom. The highest BCUT2D eigenvalue weighted by Gasteiger charge is 1.89. The second-order valence-electron chi connectivity index (χ2n) is 2.34. The van der Waals surface area contributed by atoms with Gasteiger partial charge in [-0.25, -0.2) is 0 Å². The quantitative estimate of drug-likeness (QED) is 0.575. The molecule has 1 radical (unpaired) electrons. The Labute approximate surface area is 65.9 Å². The van der Waals surface area contributed by atoms with Crippen LogP contribution in [0.2, 0.25) is 0 Å². The first-order valence-corrected chi connectivity index (χ1v) is 3.57. The summed E-state index contributed by atoms with van der Waals surface area (Å²) in [7, 11) is 0. The summed E-state index contributed by atoms with van der Waals surface area (Å²) >= 11 is 0. The van der Waals surface area contributed by atoms with Gasteiger partial charge >= 0.3 is 0 Å². The monoisotopic (exact) mass is 142 g/mol. The molecule has 0 aliphatic carbocycles. The molecular formula is C10H8N. The van der Waals surface area contributed by atoms with Crippen LogP contribution in [-0.2, 0) is 0 Å². The predicted octanol–water partition coefficient (Wildman–Crippen LogP) is 2.28. The Bertz CT molecular complexity index is 308. The summed E-state index contributed by atoms with van der Waals surface area (Å²) in [5.74, 6) is 0. The van der Waals surface area contributed by atoms with Crippen LogP contribution in [0.3, 0.4) is 0 Å². The van der Waals surface area contributed by atoms with Crippen LogP contribution in [0.5, 0.6) is 0 Å². The molecule has 1 heteroatoms. The molecular weight excluding hydrogens is 134 g/mol. The maximum Gasteiger partial charge on any atom is 0.0528 e. The predicted molar refractivity (Wildman–Crippen MR) is 44.6 cm³/mol. The summed E-state index contributed by atoms with van der Waals surface area (Å²) < 4.78 is 2.03. The van der Waals surface area contributed by atoms with Crippen LogP contribution in [0.4, 0.5) is 0 Å². The van der Waals surface area contributed by atoms with E-state index in [1.165, 1.54) is 0 Å². The van der Waals surface area contributed by atoms with Crippen molar-refractivity contribution in [1.82, 2.24) is 4.57 Å². The van der Waals surface area contributed by atoms with Crippen molar-refractivity contribution in [1.29, 1.82) is 0 Å². The first-order chi connectivity index (χ1) is 5.47. The number of benzene rings is 1. The average molecular weight is 142 g/mol. The van der Waals surface area contributed by atoms with Crippen LogP contribution in [0.1, 0.15) is 0 Å². The van der Waals surface area contributed by atoms with Crippen molar-refractivity contribution in [3.05, 3.63) is 54.9 Å². The zero-order valence-corrected chi connectivity index (χ0v) is 6.07. The largest absolute Gasteiger partial charge is 0.323 e. The van der Waals surface area contributed by atoms with Gasteiger partial charge in [-0.05, 0) is 18.2 Å². The molecule has 0 spiro atoms. The molecule has 0 amide bonds. The Kier molecular flexibility index (Phi) is 1.48. The zero-order chi connectivity index (χ0) is 7.52.